The first-order chi connectivity index (χ1) is 9.77. The average molecular weight is 290 g/mol. The molecule has 1 spiro atoms. The third kappa shape index (κ3) is 2.03. The fourth-order valence-corrected chi connectivity index (χ4v) is 3.43. The molecule has 1 aromatic carbocycles. The molecular weight excluding hydrogens is 274 g/mol. The largest absolute Gasteiger partial charge is 0.339 e. The van der Waals surface area contributed by atoms with Crippen LogP contribution in [0.5, 0.6) is 0 Å². The van der Waals surface area contributed by atoms with Gasteiger partial charge in [-0.25, -0.2) is 0 Å². The topological polar surface area (TPSA) is 51.0 Å². The molecule has 1 saturated heterocycles. The van der Waals surface area contributed by atoms with Crippen molar-refractivity contribution >= 4 is 11.6 Å². The third-order valence-electron chi connectivity index (χ3n) is 4.55. The van der Waals surface area contributed by atoms with Crippen LogP contribution in [0.2, 0.25) is 5.02 Å². The Morgan fingerprint density at radius 2 is 2.30 bits per heavy atom. The second-order valence-corrected chi connectivity index (χ2v) is 6.27. The van der Waals surface area contributed by atoms with Gasteiger partial charge in [0.1, 0.15) is 0 Å². The van der Waals surface area contributed by atoms with E-state index in [0.29, 0.717) is 17.8 Å². The summed E-state index contributed by atoms with van der Waals surface area (Å²) in [5.41, 5.74) is 1.43. The monoisotopic (exact) mass is 289 g/mol. The van der Waals surface area contributed by atoms with E-state index >= 15 is 0 Å². The first-order valence-corrected chi connectivity index (χ1v) is 7.41. The summed E-state index contributed by atoms with van der Waals surface area (Å²) >= 11 is 6.16. The van der Waals surface area contributed by atoms with Gasteiger partial charge in [-0.3, -0.25) is 0 Å². The highest BCUT2D eigenvalue weighted by Crippen LogP contribution is 2.62. The smallest absolute Gasteiger partial charge is 0.230 e. The minimum Gasteiger partial charge on any atom is -0.339 e. The van der Waals surface area contributed by atoms with Crippen LogP contribution in [0.3, 0.4) is 0 Å². The molecule has 0 radical (unpaired) electrons. The fraction of sp³-hybridized carbons (Fsp3) is 0.467. The molecule has 5 heteroatoms. The number of hydrogen-bond donors (Lipinski definition) is 1. The van der Waals surface area contributed by atoms with E-state index in [-0.39, 0.29) is 0 Å². The summed E-state index contributed by atoms with van der Waals surface area (Å²) in [5.74, 6) is 1.97. The molecule has 2 unspecified atom stereocenters. The van der Waals surface area contributed by atoms with Crippen molar-refractivity contribution in [3.8, 4) is 0 Å². The zero-order valence-electron chi connectivity index (χ0n) is 11.1. The quantitative estimate of drug-likeness (QED) is 0.944. The molecule has 2 atom stereocenters. The van der Waals surface area contributed by atoms with Crippen LogP contribution in [0.1, 0.15) is 36.0 Å². The summed E-state index contributed by atoms with van der Waals surface area (Å²) in [6.45, 7) is 2.19. The molecule has 0 amide bonds. The summed E-state index contributed by atoms with van der Waals surface area (Å²) in [6, 6.07) is 7.78. The van der Waals surface area contributed by atoms with E-state index in [1.807, 2.05) is 24.3 Å². The normalized spacial score (nSPS) is 28.1. The number of aromatic nitrogens is 2. The maximum Gasteiger partial charge on any atom is 0.230 e. The van der Waals surface area contributed by atoms with Crippen LogP contribution >= 0.6 is 11.6 Å². The summed E-state index contributed by atoms with van der Waals surface area (Å²) < 4.78 is 5.46. The van der Waals surface area contributed by atoms with Crippen LogP contribution in [0.15, 0.2) is 28.8 Å². The summed E-state index contributed by atoms with van der Waals surface area (Å²) in [6.07, 6.45) is 3.02. The highest BCUT2D eigenvalue weighted by Gasteiger charge is 2.58. The van der Waals surface area contributed by atoms with Crippen molar-refractivity contribution in [1.82, 2.24) is 15.5 Å². The number of benzene rings is 1. The van der Waals surface area contributed by atoms with Crippen molar-refractivity contribution in [2.45, 2.75) is 25.2 Å². The Morgan fingerprint density at radius 1 is 1.40 bits per heavy atom. The molecule has 1 aliphatic carbocycles. The summed E-state index contributed by atoms with van der Waals surface area (Å²) in [4.78, 5) is 4.56. The Kier molecular flexibility index (Phi) is 2.82. The lowest BCUT2D eigenvalue weighted by atomic mass is 10.0. The van der Waals surface area contributed by atoms with E-state index in [0.717, 1.165) is 35.4 Å². The molecule has 1 saturated carbocycles. The average Bonchev–Trinajstić information content (AvgIpc) is 2.79. The lowest BCUT2D eigenvalue weighted by Gasteiger charge is -2.02. The molecule has 0 bridgehead atoms. The zero-order chi connectivity index (χ0) is 13.6. The van der Waals surface area contributed by atoms with E-state index in [2.05, 4.69) is 15.5 Å². The number of rotatable bonds is 3. The molecular formula is C15H16ClN3O. The van der Waals surface area contributed by atoms with Gasteiger partial charge < -0.3 is 9.84 Å². The first kappa shape index (κ1) is 12.4. The number of hydrogen-bond acceptors (Lipinski definition) is 4. The van der Waals surface area contributed by atoms with Gasteiger partial charge in [0.2, 0.25) is 5.89 Å². The second kappa shape index (κ2) is 4.57. The van der Waals surface area contributed by atoms with Crippen LogP contribution < -0.4 is 5.32 Å². The Labute approximate surface area is 122 Å². The van der Waals surface area contributed by atoms with Crippen LogP contribution in [0.4, 0.5) is 0 Å². The molecule has 1 aliphatic heterocycles. The van der Waals surface area contributed by atoms with Crippen LogP contribution in [0, 0.1) is 5.41 Å². The second-order valence-electron chi connectivity index (χ2n) is 5.86. The number of nitrogens with zero attached hydrogens (tertiary/aromatic N) is 2. The molecule has 4 nitrogen and oxygen atoms in total. The van der Waals surface area contributed by atoms with Gasteiger partial charge in [0.25, 0.3) is 0 Å². The van der Waals surface area contributed by atoms with E-state index in [1.54, 1.807) is 0 Å². The predicted molar refractivity (Wildman–Crippen MR) is 75.8 cm³/mol. The van der Waals surface area contributed by atoms with Crippen molar-refractivity contribution in [2.24, 2.45) is 5.41 Å². The number of halogens is 1. The molecule has 2 aliphatic rings. The Bertz CT molecular complexity index is 634. The molecule has 2 fully saturated rings. The summed E-state index contributed by atoms with van der Waals surface area (Å²) in [7, 11) is 0. The van der Waals surface area contributed by atoms with Gasteiger partial charge in [-0.1, -0.05) is 35.0 Å². The van der Waals surface area contributed by atoms with Gasteiger partial charge in [0.15, 0.2) is 5.82 Å². The maximum absolute atomic E-state index is 6.16. The minimum atomic E-state index is 0.397. The van der Waals surface area contributed by atoms with Gasteiger partial charge in [-0.2, -0.15) is 4.98 Å². The van der Waals surface area contributed by atoms with Crippen LogP contribution in [-0.4, -0.2) is 23.2 Å². The van der Waals surface area contributed by atoms with Gasteiger partial charge in [0, 0.05) is 23.9 Å². The SMILES string of the molecule is Clc1ccccc1Cc1noc(C2CC23CCNC3)n1. The fourth-order valence-electron chi connectivity index (χ4n) is 3.22. The van der Waals surface area contributed by atoms with Gasteiger partial charge >= 0.3 is 0 Å². The third-order valence-corrected chi connectivity index (χ3v) is 4.92. The molecule has 104 valence electrons. The van der Waals surface area contributed by atoms with Crippen LogP contribution in [-0.2, 0) is 6.42 Å². The van der Waals surface area contributed by atoms with Crippen LogP contribution in [0.25, 0.3) is 0 Å². The highest BCUT2D eigenvalue weighted by molar-refractivity contribution is 6.31. The van der Waals surface area contributed by atoms with Gasteiger partial charge in [-0.05, 0) is 36.4 Å². The molecule has 4 rings (SSSR count). The molecule has 2 aromatic rings. The lowest BCUT2D eigenvalue weighted by molar-refractivity contribution is 0.360. The Hall–Kier alpha value is -1.39. The molecule has 2 heterocycles. The molecule has 20 heavy (non-hydrogen) atoms. The van der Waals surface area contributed by atoms with Crippen molar-refractivity contribution in [3.05, 3.63) is 46.6 Å². The highest BCUT2D eigenvalue weighted by atomic mass is 35.5. The lowest BCUT2D eigenvalue weighted by Crippen LogP contribution is -2.10. The van der Waals surface area contributed by atoms with E-state index in [9.17, 15) is 0 Å². The minimum absolute atomic E-state index is 0.397. The Morgan fingerprint density at radius 3 is 3.10 bits per heavy atom. The van der Waals surface area contributed by atoms with Gasteiger partial charge in [0.05, 0.1) is 0 Å². The molecule has 1 N–H and O–H groups in total. The van der Waals surface area contributed by atoms with Crippen molar-refractivity contribution in [1.29, 1.82) is 0 Å². The van der Waals surface area contributed by atoms with E-state index in [1.165, 1.54) is 12.8 Å². The Balaban J connectivity index is 1.50. The van der Waals surface area contributed by atoms with Crippen molar-refractivity contribution < 1.29 is 4.52 Å². The van der Waals surface area contributed by atoms with E-state index < -0.39 is 0 Å². The van der Waals surface area contributed by atoms with Crippen molar-refractivity contribution in [2.75, 3.05) is 13.1 Å². The first-order valence-electron chi connectivity index (χ1n) is 7.03. The maximum atomic E-state index is 6.16. The standard InChI is InChI=1S/C15H16ClN3O/c16-12-4-2-1-3-10(12)7-13-18-14(20-19-13)11-8-15(11)5-6-17-9-15/h1-4,11,17H,5-9H2. The molecule has 1 aromatic heterocycles. The number of nitrogens with one attached hydrogen (secondary N) is 1. The zero-order valence-corrected chi connectivity index (χ0v) is 11.9. The van der Waals surface area contributed by atoms with Crippen molar-refractivity contribution in [3.63, 3.8) is 0 Å². The van der Waals surface area contributed by atoms with E-state index in [4.69, 9.17) is 16.1 Å². The van der Waals surface area contributed by atoms with Gasteiger partial charge in [-0.15, -0.1) is 0 Å². The summed E-state index contributed by atoms with van der Waals surface area (Å²) in [5, 5.41) is 8.28. The predicted octanol–water partition coefficient (Wildman–Crippen LogP) is 2.78.